The molecule has 0 bridgehead atoms. The van der Waals surface area contributed by atoms with E-state index < -0.39 is 0 Å². The lowest BCUT2D eigenvalue weighted by Crippen LogP contribution is -2.14. The number of nitrogens with zero attached hydrogens (tertiary/aromatic N) is 3. The molecule has 3 aromatic rings. The van der Waals surface area contributed by atoms with Crippen LogP contribution in [0, 0.1) is 11.3 Å². The van der Waals surface area contributed by atoms with Gasteiger partial charge in [-0.3, -0.25) is 9.48 Å². The number of nitrogens with two attached hydrogens (primary N) is 1. The van der Waals surface area contributed by atoms with E-state index >= 15 is 0 Å². The first-order chi connectivity index (χ1) is 16.2. The Morgan fingerprint density at radius 3 is 2.70 bits per heavy atom. The van der Waals surface area contributed by atoms with E-state index in [1.807, 2.05) is 48.9 Å². The molecule has 1 aliphatic rings. The second-order valence-electron chi connectivity index (χ2n) is 7.44. The van der Waals surface area contributed by atoms with Crippen LogP contribution in [0.3, 0.4) is 0 Å². The number of anilines is 2. The summed E-state index contributed by atoms with van der Waals surface area (Å²) in [6.07, 6.45) is 10.8. The van der Waals surface area contributed by atoms with Gasteiger partial charge in [-0.05, 0) is 36.6 Å². The van der Waals surface area contributed by atoms with Crippen molar-refractivity contribution in [3.05, 3.63) is 64.8 Å². The minimum atomic E-state index is -0.118. The van der Waals surface area contributed by atoms with E-state index in [9.17, 15) is 4.79 Å². The second-order valence-corrected chi connectivity index (χ2v) is 7.44. The maximum atomic E-state index is 12.5. The summed E-state index contributed by atoms with van der Waals surface area (Å²) in [7, 11) is 0. The molecule has 176 valence electrons. The van der Waals surface area contributed by atoms with Gasteiger partial charge >= 0.3 is 0 Å². The van der Waals surface area contributed by atoms with Gasteiger partial charge in [0.1, 0.15) is 5.39 Å². The molecule has 1 fully saturated rings. The van der Waals surface area contributed by atoms with Crippen molar-refractivity contribution in [2.45, 2.75) is 65.5 Å². The molecular formula is C25H35N7O. The van der Waals surface area contributed by atoms with Crippen LogP contribution >= 0.6 is 0 Å². The van der Waals surface area contributed by atoms with Gasteiger partial charge in [0.15, 0.2) is 5.82 Å². The molecule has 2 heterocycles. The van der Waals surface area contributed by atoms with Crippen LogP contribution in [0.4, 0.5) is 11.5 Å². The van der Waals surface area contributed by atoms with Crippen LogP contribution < -0.4 is 21.9 Å². The Labute approximate surface area is 195 Å². The Kier molecular flexibility index (Phi) is 10.5. The van der Waals surface area contributed by atoms with Crippen molar-refractivity contribution in [2.24, 2.45) is 5.73 Å². The van der Waals surface area contributed by atoms with Crippen molar-refractivity contribution in [3.8, 4) is 6.07 Å². The number of H-pyrrole nitrogens is 1. The van der Waals surface area contributed by atoms with Gasteiger partial charge < -0.3 is 21.4 Å². The average molecular weight is 450 g/mol. The van der Waals surface area contributed by atoms with Gasteiger partial charge in [0.2, 0.25) is 0 Å². The number of nitriles is 1. The average Bonchev–Trinajstić information content (AvgIpc) is 3.21. The quantitative estimate of drug-likeness (QED) is 0.417. The summed E-state index contributed by atoms with van der Waals surface area (Å²) in [4.78, 5) is 15.3. The Morgan fingerprint density at radius 2 is 2.00 bits per heavy atom. The monoisotopic (exact) mass is 449 g/mol. The number of pyridine rings is 1. The number of benzene rings is 1. The van der Waals surface area contributed by atoms with E-state index in [1.165, 1.54) is 32.4 Å². The number of hydrogen-bond acceptors (Lipinski definition) is 6. The molecule has 5 N–H and O–H groups in total. The molecule has 2 aromatic heterocycles. The molecular weight excluding hydrogens is 414 g/mol. The van der Waals surface area contributed by atoms with Crippen LogP contribution in [-0.2, 0) is 6.54 Å². The van der Waals surface area contributed by atoms with Gasteiger partial charge in [0.25, 0.3) is 5.56 Å². The molecule has 4 rings (SSSR count). The maximum Gasteiger partial charge on any atom is 0.261 e. The first kappa shape index (κ1) is 25.5. The highest BCUT2D eigenvalue weighted by Crippen LogP contribution is 2.32. The highest BCUT2D eigenvalue weighted by Gasteiger charge is 2.22. The highest BCUT2D eigenvalue weighted by molar-refractivity contribution is 5.91. The summed E-state index contributed by atoms with van der Waals surface area (Å²) in [5, 5.41) is 19.2. The normalized spacial score (nSPS) is 13.4. The van der Waals surface area contributed by atoms with E-state index in [1.54, 1.807) is 18.5 Å². The Bertz CT molecular complexity index is 1120. The van der Waals surface area contributed by atoms with Crippen molar-refractivity contribution in [1.29, 1.82) is 5.26 Å². The van der Waals surface area contributed by atoms with Crippen LogP contribution in [0.5, 0.6) is 0 Å². The van der Waals surface area contributed by atoms with Gasteiger partial charge in [-0.2, -0.15) is 10.4 Å². The lowest BCUT2D eigenvalue weighted by Gasteiger charge is -2.22. The summed E-state index contributed by atoms with van der Waals surface area (Å²) in [6.45, 7) is 6.10. The molecule has 0 amide bonds. The van der Waals surface area contributed by atoms with E-state index in [-0.39, 0.29) is 5.56 Å². The second kappa shape index (κ2) is 13.6. The third kappa shape index (κ3) is 6.88. The predicted molar refractivity (Wildman–Crippen MR) is 135 cm³/mol. The molecule has 0 unspecified atom stereocenters. The smallest absolute Gasteiger partial charge is 0.261 e. The summed E-state index contributed by atoms with van der Waals surface area (Å²) in [5.74, 6) is 0.606. The van der Waals surface area contributed by atoms with Crippen LogP contribution in [0.2, 0.25) is 0 Å². The van der Waals surface area contributed by atoms with Crippen LogP contribution in [0.1, 0.15) is 64.5 Å². The van der Waals surface area contributed by atoms with Crippen molar-refractivity contribution >= 4 is 22.4 Å². The molecule has 1 saturated carbocycles. The number of aromatic nitrogens is 3. The van der Waals surface area contributed by atoms with Crippen LogP contribution in [0.15, 0.2) is 53.7 Å². The first-order valence-corrected chi connectivity index (χ1v) is 11.5. The van der Waals surface area contributed by atoms with Gasteiger partial charge in [-0.1, -0.05) is 45.2 Å². The van der Waals surface area contributed by atoms with Crippen molar-refractivity contribution in [1.82, 2.24) is 20.1 Å². The molecule has 0 saturated heterocycles. The maximum absolute atomic E-state index is 12.5. The van der Waals surface area contributed by atoms with Crippen molar-refractivity contribution in [2.75, 3.05) is 5.32 Å². The highest BCUT2D eigenvalue weighted by atomic mass is 16.1. The number of hydrogen-bond donors (Lipinski definition) is 4. The minimum Gasteiger partial charge on any atom is -0.403 e. The molecule has 8 nitrogen and oxygen atoms in total. The summed E-state index contributed by atoms with van der Waals surface area (Å²) < 4.78 is 2.05. The number of nitrogens with one attached hydrogen (secondary N) is 3. The van der Waals surface area contributed by atoms with Gasteiger partial charge in [0, 0.05) is 37.8 Å². The van der Waals surface area contributed by atoms with Gasteiger partial charge in [-0.15, -0.1) is 0 Å². The van der Waals surface area contributed by atoms with Gasteiger partial charge in [0.05, 0.1) is 17.6 Å². The Balaban J connectivity index is 0.000000714. The lowest BCUT2D eigenvalue weighted by atomic mass is 9.95. The minimum absolute atomic E-state index is 0.118. The summed E-state index contributed by atoms with van der Waals surface area (Å²) in [6, 6.07) is 12.1. The molecule has 33 heavy (non-hydrogen) atoms. The van der Waals surface area contributed by atoms with E-state index in [0.29, 0.717) is 23.8 Å². The third-order valence-corrected chi connectivity index (χ3v) is 5.26. The fourth-order valence-electron chi connectivity index (χ4n) is 3.93. The fraction of sp³-hybridized carbons (Fsp3) is 0.400. The number of aromatic amines is 1. The predicted octanol–water partition coefficient (Wildman–Crippen LogP) is 5.05. The topological polar surface area (TPSA) is 125 Å². The first-order valence-electron chi connectivity index (χ1n) is 11.5. The molecule has 8 heteroatoms. The summed E-state index contributed by atoms with van der Waals surface area (Å²) in [5.41, 5.74) is 8.13. The molecule has 1 aliphatic carbocycles. The molecule has 0 radical (unpaired) electrons. The molecule has 0 atom stereocenters. The number of fused-ring (bicyclic) bond motifs is 1. The molecule has 1 aromatic carbocycles. The Morgan fingerprint density at radius 1 is 1.27 bits per heavy atom. The van der Waals surface area contributed by atoms with Crippen molar-refractivity contribution in [3.63, 3.8) is 0 Å². The Hall–Kier alpha value is -3.73. The standard InChI is InChI=1S/C21H26N6O.C2H3N.C2H6/c22-10-12-23-14-15-5-4-6-16(13-15)25-20-19-18(9-11-24-21(19)28)27(26-20)17-7-2-1-3-8-17;1-2-3;1-2/h4-6,9-13,17,23H,1-3,7-8,14,22H2,(H,24,28)(H,25,26);1H3;1-2H3/b12-10-;;. The van der Waals surface area contributed by atoms with E-state index in [4.69, 9.17) is 16.1 Å². The zero-order chi connectivity index (χ0) is 24.1. The van der Waals surface area contributed by atoms with Crippen LogP contribution in [0.25, 0.3) is 10.9 Å². The largest absolute Gasteiger partial charge is 0.403 e. The molecule has 0 aliphatic heterocycles. The molecule has 0 spiro atoms. The van der Waals surface area contributed by atoms with Gasteiger partial charge in [-0.25, -0.2) is 0 Å². The van der Waals surface area contributed by atoms with E-state index in [0.717, 1.165) is 29.6 Å². The van der Waals surface area contributed by atoms with E-state index in [2.05, 4.69) is 15.6 Å². The fourth-order valence-corrected chi connectivity index (χ4v) is 3.93. The number of rotatable bonds is 6. The zero-order valence-corrected chi connectivity index (χ0v) is 19.8. The SMILES string of the molecule is CC.CC#N.N/C=C\NCc1cccc(Nc2nn(C3CCCCC3)c3cc[nH]c(=O)c23)c1. The zero-order valence-electron chi connectivity index (χ0n) is 19.8. The van der Waals surface area contributed by atoms with Crippen molar-refractivity contribution < 1.29 is 0 Å². The third-order valence-electron chi connectivity index (χ3n) is 5.26. The van der Waals surface area contributed by atoms with Crippen LogP contribution in [-0.4, -0.2) is 14.8 Å². The summed E-state index contributed by atoms with van der Waals surface area (Å²) >= 11 is 0. The lowest BCUT2D eigenvalue weighted by molar-refractivity contribution is 0.338.